The summed E-state index contributed by atoms with van der Waals surface area (Å²) >= 11 is 0. The molecule has 0 saturated carbocycles. The number of aliphatic hydroxyl groups excluding tert-OH is 1. The molecule has 1 heterocycles. The second kappa shape index (κ2) is 11.8. The number of Topliss-reactive ketones (excluding diaryl/α,β-unsaturated/α-hetero) is 1. The number of carbonyl (C=O) groups excluding carboxylic acids is 1. The van der Waals surface area contributed by atoms with Gasteiger partial charge in [0.05, 0.1) is 0 Å². The van der Waals surface area contributed by atoms with Gasteiger partial charge in [-0.05, 0) is 56.1 Å². The van der Waals surface area contributed by atoms with Gasteiger partial charge in [0.25, 0.3) is 0 Å². The molecule has 1 atom stereocenters. The summed E-state index contributed by atoms with van der Waals surface area (Å²) in [6.45, 7) is 7.61. The molecule has 5 nitrogen and oxygen atoms in total. The largest absolute Gasteiger partial charge is 0.491 e. The number of nitrogens with zero attached hydrogens (tertiary/aromatic N) is 2. The first kappa shape index (κ1) is 22.5. The number of hydrogen-bond donors (Lipinski definition) is 1. The van der Waals surface area contributed by atoms with E-state index in [1.165, 1.54) is 5.56 Å². The van der Waals surface area contributed by atoms with Crippen LogP contribution >= 0.6 is 0 Å². The second-order valence-corrected chi connectivity index (χ2v) is 8.23. The third-order valence-corrected chi connectivity index (χ3v) is 5.53. The molecule has 1 aliphatic rings. The minimum atomic E-state index is -0.511. The first-order valence-corrected chi connectivity index (χ1v) is 11.0. The molecule has 30 heavy (non-hydrogen) atoms. The molecule has 0 amide bonds. The van der Waals surface area contributed by atoms with Crippen LogP contribution in [0.5, 0.6) is 5.75 Å². The third kappa shape index (κ3) is 7.90. The molecule has 162 valence electrons. The van der Waals surface area contributed by atoms with Gasteiger partial charge in [-0.15, -0.1) is 0 Å². The van der Waals surface area contributed by atoms with Gasteiger partial charge in [-0.1, -0.05) is 42.5 Å². The maximum Gasteiger partial charge on any atom is 0.130 e. The van der Waals surface area contributed by atoms with E-state index in [0.717, 1.165) is 56.9 Å². The van der Waals surface area contributed by atoms with Gasteiger partial charge in [0.15, 0.2) is 0 Å². The molecule has 0 aliphatic carbocycles. The van der Waals surface area contributed by atoms with E-state index in [-0.39, 0.29) is 12.4 Å². The van der Waals surface area contributed by atoms with Crippen molar-refractivity contribution in [2.75, 3.05) is 39.3 Å². The molecule has 1 fully saturated rings. The average molecular weight is 411 g/mol. The average Bonchev–Trinajstić information content (AvgIpc) is 2.97. The summed E-state index contributed by atoms with van der Waals surface area (Å²) in [5.41, 5.74) is 2.48. The summed E-state index contributed by atoms with van der Waals surface area (Å²) in [6, 6.07) is 18.4. The van der Waals surface area contributed by atoms with Crippen molar-refractivity contribution >= 4 is 5.78 Å². The lowest BCUT2D eigenvalue weighted by Crippen LogP contribution is -2.38. The Morgan fingerprint density at radius 3 is 2.40 bits per heavy atom. The molecule has 2 aromatic rings. The summed E-state index contributed by atoms with van der Waals surface area (Å²) < 4.78 is 5.77. The van der Waals surface area contributed by atoms with Gasteiger partial charge in [0.1, 0.15) is 24.2 Å². The Kier molecular flexibility index (Phi) is 8.87. The molecule has 1 unspecified atom stereocenters. The molecular formula is C25H34N2O3. The van der Waals surface area contributed by atoms with Crippen LogP contribution in [0.25, 0.3) is 0 Å². The Morgan fingerprint density at radius 2 is 1.67 bits per heavy atom. The van der Waals surface area contributed by atoms with Gasteiger partial charge in [-0.25, -0.2) is 0 Å². The summed E-state index contributed by atoms with van der Waals surface area (Å²) in [7, 11) is 0. The highest BCUT2D eigenvalue weighted by Crippen LogP contribution is 2.14. The van der Waals surface area contributed by atoms with Crippen molar-refractivity contribution < 1.29 is 14.6 Å². The van der Waals surface area contributed by atoms with Crippen molar-refractivity contribution in [2.45, 2.75) is 38.8 Å². The molecule has 0 radical (unpaired) electrons. The van der Waals surface area contributed by atoms with Crippen LogP contribution in [0.4, 0.5) is 0 Å². The number of carbonyl (C=O) groups is 1. The molecule has 3 rings (SSSR count). The van der Waals surface area contributed by atoms with Crippen LogP contribution in [0.3, 0.4) is 0 Å². The normalized spacial score (nSPS) is 16.7. The molecule has 0 spiro atoms. The first-order valence-electron chi connectivity index (χ1n) is 11.0. The maximum absolute atomic E-state index is 11.1. The van der Waals surface area contributed by atoms with E-state index in [0.29, 0.717) is 13.0 Å². The highest BCUT2D eigenvalue weighted by molar-refractivity contribution is 5.75. The molecule has 2 aromatic carbocycles. The zero-order chi connectivity index (χ0) is 21.2. The fraction of sp³-hybridized carbons (Fsp3) is 0.480. The Balaban J connectivity index is 1.37. The first-order chi connectivity index (χ1) is 14.6. The Morgan fingerprint density at radius 1 is 0.967 bits per heavy atom. The fourth-order valence-electron chi connectivity index (χ4n) is 3.82. The number of ether oxygens (including phenoxy) is 1. The number of β-amino-alcohol motifs (C(OH)–C–C–N with tert-alkyl or cyclic N) is 1. The van der Waals surface area contributed by atoms with E-state index in [2.05, 4.69) is 40.1 Å². The van der Waals surface area contributed by atoms with Gasteiger partial charge in [0, 0.05) is 32.6 Å². The van der Waals surface area contributed by atoms with Crippen molar-refractivity contribution in [3.63, 3.8) is 0 Å². The monoisotopic (exact) mass is 410 g/mol. The van der Waals surface area contributed by atoms with E-state index < -0.39 is 6.10 Å². The Labute approximate surface area is 180 Å². The number of ketones is 1. The molecule has 0 bridgehead atoms. The van der Waals surface area contributed by atoms with Crippen LogP contribution in [0.1, 0.15) is 30.9 Å². The van der Waals surface area contributed by atoms with Crippen LogP contribution < -0.4 is 4.74 Å². The van der Waals surface area contributed by atoms with Gasteiger partial charge in [-0.2, -0.15) is 0 Å². The van der Waals surface area contributed by atoms with Crippen LogP contribution in [0.15, 0.2) is 54.6 Å². The van der Waals surface area contributed by atoms with Gasteiger partial charge >= 0.3 is 0 Å². The second-order valence-electron chi connectivity index (χ2n) is 8.23. The van der Waals surface area contributed by atoms with E-state index in [1.807, 2.05) is 24.3 Å². The van der Waals surface area contributed by atoms with Gasteiger partial charge in [-0.3, -0.25) is 9.80 Å². The van der Waals surface area contributed by atoms with Gasteiger partial charge < -0.3 is 14.6 Å². The van der Waals surface area contributed by atoms with E-state index in [4.69, 9.17) is 4.74 Å². The number of hydrogen-bond acceptors (Lipinski definition) is 5. The predicted molar refractivity (Wildman–Crippen MR) is 120 cm³/mol. The quantitative estimate of drug-likeness (QED) is 0.652. The predicted octanol–water partition coefficient (Wildman–Crippen LogP) is 3.16. The lowest BCUT2D eigenvalue weighted by atomic mass is 10.1. The van der Waals surface area contributed by atoms with Crippen LogP contribution in [0.2, 0.25) is 0 Å². The lowest BCUT2D eigenvalue weighted by Gasteiger charge is -2.24. The van der Waals surface area contributed by atoms with Crippen molar-refractivity contribution in [3.05, 3.63) is 65.7 Å². The minimum Gasteiger partial charge on any atom is -0.491 e. The smallest absolute Gasteiger partial charge is 0.130 e. The number of benzene rings is 2. The molecule has 1 N–H and O–H groups in total. The number of aliphatic hydroxyl groups is 1. The van der Waals surface area contributed by atoms with Crippen molar-refractivity contribution in [1.82, 2.24) is 9.80 Å². The SMILES string of the molecule is CC(=O)CCc1ccc(OCC(O)CN2CCCN(Cc3ccccc3)CC2)cc1. The van der Waals surface area contributed by atoms with Crippen molar-refractivity contribution in [2.24, 2.45) is 0 Å². The Bertz CT molecular complexity index is 764. The molecular weight excluding hydrogens is 376 g/mol. The summed E-state index contributed by atoms with van der Waals surface area (Å²) in [6.07, 6.45) is 1.93. The van der Waals surface area contributed by atoms with Crippen LogP contribution in [0, 0.1) is 0 Å². The fourth-order valence-corrected chi connectivity index (χ4v) is 3.82. The number of aryl methyl sites for hydroxylation is 1. The zero-order valence-corrected chi connectivity index (χ0v) is 18.0. The van der Waals surface area contributed by atoms with Crippen LogP contribution in [-0.2, 0) is 17.8 Å². The Hall–Kier alpha value is -2.21. The van der Waals surface area contributed by atoms with E-state index in [1.54, 1.807) is 6.92 Å². The lowest BCUT2D eigenvalue weighted by molar-refractivity contribution is -0.116. The van der Waals surface area contributed by atoms with E-state index >= 15 is 0 Å². The molecule has 1 aliphatic heterocycles. The van der Waals surface area contributed by atoms with Crippen LogP contribution in [-0.4, -0.2) is 66.1 Å². The third-order valence-electron chi connectivity index (χ3n) is 5.53. The number of rotatable bonds is 10. The highest BCUT2D eigenvalue weighted by atomic mass is 16.5. The molecule has 1 saturated heterocycles. The standard InChI is InChI=1S/C25H34N2O3/c1-21(28)8-9-22-10-12-25(13-11-22)30-20-24(29)19-27-15-5-14-26(16-17-27)18-23-6-3-2-4-7-23/h2-4,6-7,10-13,24,29H,5,8-9,14-20H2,1H3. The van der Waals surface area contributed by atoms with Gasteiger partial charge in [0.2, 0.25) is 0 Å². The summed E-state index contributed by atoms with van der Waals surface area (Å²) in [5, 5.41) is 10.4. The highest BCUT2D eigenvalue weighted by Gasteiger charge is 2.18. The maximum atomic E-state index is 11.1. The zero-order valence-electron chi connectivity index (χ0n) is 18.0. The van der Waals surface area contributed by atoms with E-state index in [9.17, 15) is 9.90 Å². The minimum absolute atomic E-state index is 0.204. The summed E-state index contributed by atoms with van der Waals surface area (Å²) in [4.78, 5) is 15.9. The topological polar surface area (TPSA) is 53.0 Å². The van der Waals surface area contributed by atoms with Crippen molar-refractivity contribution in [1.29, 1.82) is 0 Å². The molecule has 0 aromatic heterocycles. The molecule has 5 heteroatoms. The van der Waals surface area contributed by atoms with Crippen molar-refractivity contribution in [3.8, 4) is 5.75 Å². The summed E-state index contributed by atoms with van der Waals surface area (Å²) in [5.74, 6) is 0.959.